The average Bonchev–Trinajstić information content (AvgIpc) is 3.26. The van der Waals surface area contributed by atoms with E-state index < -0.39 is 23.7 Å². The van der Waals surface area contributed by atoms with Crippen molar-refractivity contribution in [3.63, 3.8) is 0 Å². The lowest BCUT2D eigenvalue weighted by atomic mass is 10.0. The summed E-state index contributed by atoms with van der Waals surface area (Å²) in [7, 11) is 0. The highest BCUT2D eigenvalue weighted by atomic mass is 19.4. The number of anilines is 1. The van der Waals surface area contributed by atoms with Gasteiger partial charge in [-0.3, -0.25) is 14.5 Å². The Morgan fingerprint density at radius 2 is 1.69 bits per heavy atom. The molecule has 0 spiro atoms. The van der Waals surface area contributed by atoms with Crippen LogP contribution in [0.5, 0.6) is 0 Å². The van der Waals surface area contributed by atoms with E-state index in [2.05, 4.69) is 10.1 Å². The average molecular weight is 502 g/mol. The molecule has 0 unspecified atom stereocenters. The summed E-state index contributed by atoms with van der Waals surface area (Å²) in [5, 5.41) is 20.0. The summed E-state index contributed by atoms with van der Waals surface area (Å²) in [6.07, 6.45) is 0.0151. The van der Waals surface area contributed by atoms with Gasteiger partial charge in [0, 0.05) is 41.8 Å². The summed E-state index contributed by atoms with van der Waals surface area (Å²) in [5.74, 6) is -2.81. The van der Waals surface area contributed by atoms with Crippen molar-refractivity contribution in [2.24, 2.45) is 0 Å². The molecular formula is C24H21F3N4O5. The maximum absolute atomic E-state index is 13.2. The van der Waals surface area contributed by atoms with Crippen LogP contribution in [0.3, 0.4) is 0 Å². The monoisotopic (exact) mass is 502 g/mol. The van der Waals surface area contributed by atoms with E-state index in [1.807, 2.05) is 19.9 Å². The number of pyridine rings is 1. The van der Waals surface area contributed by atoms with Crippen LogP contribution < -0.4 is 4.90 Å². The number of benzene rings is 1. The number of carboxylic acids is 2. The van der Waals surface area contributed by atoms with Crippen LogP contribution in [0.4, 0.5) is 18.9 Å². The minimum absolute atomic E-state index is 0.119. The zero-order valence-corrected chi connectivity index (χ0v) is 19.1. The molecule has 4 rings (SSSR count). The molecule has 1 amide bonds. The molecule has 0 saturated heterocycles. The van der Waals surface area contributed by atoms with Crippen molar-refractivity contribution in [3.8, 4) is 11.1 Å². The predicted molar refractivity (Wildman–Crippen MR) is 122 cm³/mol. The molecule has 0 radical (unpaired) electrons. The zero-order valence-electron chi connectivity index (χ0n) is 19.1. The van der Waals surface area contributed by atoms with Gasteiger partial charge in [0.25, 0.3) is 5.91 Å². The lowest BCUT2D eigenvalue weighted by molar-refractivity contribution is -0.137. The van der Waals surface area contributed by atoms with E-state index in [9.17, 15) is 27.6 Å². The summed E-state index contributed by atoms with van der Waals surface area (Å²) in [5.41, 5.74) is 2.42. The number of amides is 1. The number of nitrogens with zero attached hydrogens (tertiary/aromatic N) is 4. The van der Waals surface area contributed by atoms with Crippen LogP contribution in [-0.2, 0) is 15.8 Å². The molecule has 0 saturated carbocycles. The van der Waals surface area contributed by atoms with Crippen LogP contribution in [-0.4, -0.2) is 49.4 Å². The van der Waals surface area contributed by atoms with Crippen LogP contribution in [0.15, 0.2) is 60.9 Å². The maximum Gasteiger partial charge on any atom is 0.416 e. The number of carboxylic acid groups (broad SMARTS) is 2. The number of rotatable bonds is 4. The number of fused-ring (bicyclic) bond motifs is 1. The maximum atomic E-state index is 13.2. The number of aliphatic carboxylic acids is 2. The highest BCUT2D eigenvalue weighted by Gasteiger charge is 2.35. The third-order valence-corrected chi connectivity index (χ3v) is 5.19. The smallest absolute Gasteiger partial charge is 0.416 e. The number of carbonyl (C=O) groups is 3. The Labute approximate surface area is 203 Å². The van der Waals surface area contributed by atoms with Crippen LogP contribution in [0.2, 0.25) is 0 Å². The van der Waals surface area contributed by atoms with Gasteiger partial charge in [0.2, 0.25) is 0 Å². The molecule has 3 heterocycles. The largest absolute Gasteiger partial charge is 0.478 e. The lowest BCUT2D eigenvalue weighted by Crippen LogP contribution is -2.42. The quantitative estimate of drug-likeness (QED) is 0.512. The molecule has 1 aromatic carbocycles. The van der Waals surface area contributed by atoms with Crippen LogP contribution in [0.25, 0.3) is 11.1 Å². The standard InChI is InChI=1S/C20H17F3N4O.C4H4O4/c1-12-9-14(7-8-24-12)17-10-25-27-13(2)11-26(19(28)18(17)27)16-5-3-15(4-6-16)20(21,22)23;5-3(6)1-2-4(7)8/h3-10,13H,11H2,1-2H3;1-2H,(H,5,6)(H,7,8)/t13-;/m0./s1. The first-order chi connectivity index (χ1) is 16.9. The normalized spacial score (nSPS) is 15.3. The number of hydrogen-bond donors (Lipinski definition) is 2. The van der Waals surface area contributed by atoms with Gasteiger partial charge >= 0.3 is 18.1 Å². The molecule has 1 aliphatic heterocycles. The van der Waals surface area contributed by atoms with E-state index in [-0.39, 0.29) is 11.9 Å². The Morgan fingerprint density at radius 1 is 1.08 bits per heavy atom. The lowest BCUT2D eigenvalue weighted by Gasteiger charge is -2.32. The molecule has 0 aliphatic carbocycles. The fourth-order valence-corrected chi connectivity index (χ4v) is 3.58. The minimum atomic E-state index is -4.41. The molecule has 1 aliphatic rings. The number of alkyl halides is 3. The van der Waals surface area contributed by atoms with Crippen LogP contribution in [0.1, 0.15) is 34.7 Å². The van der Waals surface area contributed by atoms with E-state index in [4.69, 9.17) is 10.2 Å². The highest BCUT2D eigenvalue weighted by molar-refractivity contribution is 6.09. The Kier molecular flexibility index (Phi) is 7.56. The minimum Gasteiger partial charge on any atom is -0.478 e. The molecule has 9 nitrogen and oxygen atoms in total. The third-order valence-electron chi connectivity index (χ3n) is 5.19. The Bertz CT molecular complexity index is 1300. The molecule has 36 heavy (non-hydrogen) atoms. The van der Waals surface area contributed by atoms with Crippen LogP contribution >= 0.6 is 0 Å². The summed E-state index contributed by atoms with van der Waals surface area (Å²) in [4.78, 5) is 38.0. The van der Waals surface area contributed by atoms with Gasteiger partial charge in [-0.05, 0) is 55.8 Å². The molecule has 0 fully saturated rings. The van der Waals surface area contributed by atoms with Gasteiger partial charge in [0.1, 0.15) is 5.69 Å². The van der Waals surface area contributed by atoms with E-state index in [0.29, 0.717) is 35.6 Å². The molecule has 3 aromatic rings. The Morgan fingerprint density at radius 3 is 2.22 bits per heavy atom. The number of carbonyl (C=O) groups excluding carboxylic acids is 1. The summed E-state index contributed by atoms with van der Waals surface area (Å²) in [6, 6.07) is 8.20. The predicted octanol–water partition coefficient (Wildman–Crippen LogP) is 4.21. The van der Waals surface area contributed by atoms with Gasteiger partial charge in [0.05, 0.1) is 17.8 Å². The van der Waals surface area contributed by atoms with Crippen molar-refractivity contribution < 1.29 is 37.8 Å². The second-order valence-corrected chi connectivity index (χ2v) is 7.86. The van der Waals surface area contributed by atoms with Crippen molar-refractivity contribution in [3.05, 3.63) is 77.9 Å². The van der Waals surface area contributed by atoms with E-state index in [1.165, 1.54) is 17.0 Å². The van der Waals surface area contributed by atoms with E-state index in [0.717, 1.165) is 23.4 Å². The second-order valence-electron chi connectivity index (χ2n) is 7.86. The van der Waals surface area contributed by atoms with Crippen molar-refractivity contribution >= 4 is 23.5 Å². The first-order valence-electron chi connectivity index (χ1n) is 10.5. The molecular weight excluding hydrogens is 481 g/mol. The van der Waals surface area contributed by atoms with E-state index in [1.54, 1.807) is 23.1 Å². The molecule has 0 bridgehead atoms. The molecule has 12 heteroatoms. The number of hydrogen-bond acceptors (Lipinski definition) is 5. The fraction of sp³-hybridized carbons (Fsp3) is 0.208. The first-order valence-corrected chi connectivity index (χ1v) is 10.5. The summed E-state index contributed by atoms with van der Waals surface area (Å²) in [6.45, 7) is 4.10. The topological polar surface area (TPSA) is 126 Å². The molecule has 1 atom stereocenters. The highest BCUT2D eigenvalue weighted by Crippen LogP contribution is 2.34. The van der Waals surface area contributed by atoms with Gasteiger partial charge in [-0.2, -0.15) is 18.3 Å². The van der Waals surface area contributed by atoms with Gasteiger partial charge in [-0.1, -0.05) is 0 Å². The molecule has 188 valence electrons. The van der Waals surface area contributed by atoms with E-state index >= 15 is 0 Å². The molecule has 2 N–H and O–H groups in total. The third kappa shape index (κ3) is 5.95. The Hall–Kier alpha value is -4.48. The van der Waals surface area contributed by atoms with Gasteiger partial charge < -0.3 is 15.1 Å². The summed E-state index contributed by atoms with van der Waals surface area (Å²) < 4.78 is 40.2. The van der Waals surface area contributed by atoms with Crippen molar-refractivity contribution in [2.75, 3.05) is 11.4 Å². The van der Waals surface area contributed by atoms with Crippen molar-refractivity contribution in [1.82, 2.24) is 14.8 Å². The van der Waals surface area contributed by atoms with Gasteiger partial charge in [-0.15, -0.1) is 0 Å². The number of halogens is 3. The Balaban J connectivity index is 0.000000392. The number of aryl methyl sites for hydroxylation is 1. The second kappa shape index (κ2) is 10.4. The zero-order chi connectivity index (χ0) is 26.6. The molecule has 2 aromatic heterocycles. The van der Waals surface area contributed by atoms with Gasteiger partial charge in [-0.25, -0.2) is 9.59 Å². The SMILES string of the molecule is Cc1cc(-c2cnn3c2C(=O)N(c2ccc(C(F)(F)F)cc2)C[C@@H]3C)ccn1.O=C(O)C=CC(=O)O. The van der Waals surface area contributed by atoms with Crippen LogP contribution in [0, 0.1) is 6.92 Å². The first kappa shape index (κ1) is 26.1. The van der Waals surface area contributed by atoms with Crippen molar-refractivity contribution in [2.45, 2.75) is 26.1 Å². The fourth-order valence-electron chi connectivity index (χ4n) is 3.58. The summed E-state index contributed by atoms with van der Waals surface area (Å²) >= 11 is 0. The van der Waals surface area contributed by atoms with Gasteiger partial charge in [0.15, 0.2) is 0 Å². The van der Waals surface area contributed by atoms with Crippen molar-refractivity contribution in [1.29, 1.82) is 0 Å². The number of aromatic nitrogens is 3.